The Labute approximate surface area is 100.0 Å². The van der Waals surface area contributed by atoms with E-state index in [0.717, 1.165) is 18.7 Å². The maximum atomic E-state index is 9.11. The number of benzene rings is 1. The van der Waals surface area contributed by atoms with Gasteiger partial charge in [-0.3, -0.25) is 0 Å². The van der Waals surface area contributed by atoms with E-state index >= 15 is 0 Å². The Bertz CT molecular complexity index is 379. The number of nitrogens with zero attached hydrogens (tertiary/aromatic N) is 1. The van der Waals surface area contributed by atoms with Crippen LogP contribution >= 0.6 is 11.6 Å². The van der Waals surface area contributed by atoms with Gasteiger partial charge in [0.2, 0.25) is 0 Å². The van der Waals surface area contributed by atoms with Crippen LogP contribution in [0.3, 0.4) is 0 Å². The molecule has 84 valence electrons. The zero-order chi connectivity index (χ0) is 11.4. The van der Waals surface area contributed by atoms with Crippen LogP contribution in [0.4, 0.5) is 5.69 Å². The molecule has 1 aliphatic rings. The third-order valence-electron chi connectivity index (χ3n) is 2.74. The van der Waals surface area contributed by atoms with Crippen molar-refractivity contribution in [3.05, 3.63) is 29.3 Å². The van der Waals surface area contributed by atoms with E-state index in [1.165, 1.54) is 0 Å². The Morgan fingerprint density at radius 2 is 2.19 bits per heavy atom. The lowest BCUT2D eigenvalue weighted by Gasteiger charge is -2.17. The number of nitrogens with one attached hydrogen (secondary N) is 1. The van der Waals surface area contributed by atoms with Crippen molar-refractivity contribution >= 4 is 17.3 Å². The predicted molar refractivity (Wildman–Crippen MR) is 63.4 cm³/mol. The predicted octanol–water partition coefficient (Wildman–Crippen LogP) is 2.68. The molecule has 1 fully saturated rings. The van der Waals surface area contributed by atoms with Crippen LogP contribution in [0, 0.1) is 17.2 Å². The highest BCUT2D eigenvalue weighted by atomic mass is 35.5. The number of rotatable bonds is 3. The Morgan fingerprint density at radius 3 is 2.75 bits per heavy atom. The van der Waals surface area contributed by atoms with Crippen LogP contribution in [0.2, 0.25) is 5.02 Å². The van der Waals surface area contributed by atoms with Gasteiger partial charge < -0.3 is 10.1 Å². The van der Waals surface area contributed by atoms with E-state index in [2.05, 4.69) is 11.4 Å². The summed E-state index contributed by atoms with van der Waals surface area (Å²) in [6.07, 6.45) is 0.943. The lowest BCUT2D eigenvalue weighted by atomic mass is 10.00. The molecular formula is C12H13ClN2O. The molecule has 0 saturated carbocycles. The first-order valence-electron chi connectivity index (χ1n) is 5.29. The highest BCUT2D eigenvalue weighted by molar-refractivity contribution is 6.30. The lowest BCUT2D eigenvalue weighted by Crippen LogP contribution is -2.27. The minimum Gasteiger partial charge on any atom is -0.381 e. The van der Waals surface area contributed by atoms with Gasteiger partial charge in [0, 0.05) is 23.2 Å². The van der Waals surface area contributed by atoms with Crippen molar-refractivity contribution in [1.29, 1.82) is 5.26 Å². The third-order valence-corrected chi connectivity index (χ3v) is 2.99. The summed E-state index contributed by atoms with van der Waals surface area (Å²) in [7, 11) is 0. The SMILES string of the molecule is N#CC(Nc1ccc(Cl)cc1)C1CCOC1. The van der Waals surface area contributed by atoms with Crippen LogP contribution in [-0.2, 0) is 4.74 Å². The summed E-state index contributed by atoms with van der Waals surface area (Å²) in [6.45, 7) is 1.42. The van der Waals surface area contributed by atoms with Crippen molar-refractivity contribution in [3.63, 3.8) is 0 Å². The summed E-state index contributed by atoms with van der Waals surface area (Å²) in [5.41, 5.74) is 0.919. The minimum atomic E-state index is -0.191. The second-order valence-corrected chi connectivity index (χ2v) is 4.32. The average Bonchev–Trinajstić information content (AvgIpc) is 2.82. The number of nitriles is 1. The quantitative estimate of drug-likeness (QED) is 0.878. The molecule has 0 amide bonds. The molecule has 1 aliphatic heterocycles. The molecule has 1 saturated heterocycles. The van der Waals surface area contributed by atoms with Gasteiger partial charge in [-0.1, -0.05) is 11.6 Å². The van der Waals surface area contributed by atoms with Gasteiger partial charge in [0.25, 0.3) is 0 Å². The first-order valence-corrected chi connectivity index (χ1v) is 5.67. The van der Waals surface area contributed by atoms with Crippen LogP contribution < -0.4 is 5.32 Å². The minimum absolute atomic E-state index is 0.191. The average molecular weight is 237 g/mol. The number of ether oxygens (including phenoxy) is 1. The highest BCUT2D eigenvalue weighted by Gasteiger charge is 2.25. The molecule has 4 heteroatoms. The van der Waals surface area contributed by atoms with E-state index in [4.69, 9.17) is 21.6 Å². The molecule has 1 aromatic rings. The van der Waals surface area contributed by atoms with Crippen LogP contribution in [0.15, 0.2) is 24.3 Å². The third kappa shape index (κ3) is 2.66. The molecule has 16 heavy (non-hydrogen) atoms. The fourth-order valence-corrected chi connectivity index (χ4v) is 1.92. The largest absolute Gasteiger partial charge is 0.381 e. The van der Waals surface area contributed by atoms with E-state index in [0.29, 0.717) is 11.6 Å². The number of hydrogen-bond acceptors (Lipinski definition) is 3. The molecule has 2 rings (SSSR count). The van der Waals surface area contributed by atoms with Crippen molar-refractivity contribution in [1.82, 2.24) is 0 Å². The second kappa shape index (κ2) is 5.20. The molecule has 0 bridgehead atoms. The molecule has 0 aliphatic carbocycles. The number of hydrogen-bond donors (Lipinski definition) is 1. The van der Waals surface area contributed by atoms with Crippen molar-refractivity contribution in [3.8, 4) is 6.07 Å². The Kier molecular flexibility index (Phi) is 3.66. The first-order chi connectivity index (χ1) is 7.79. The van der Waals surface area contributed by atoms with Crippen molar-refractivity contribution < 1.29 is 4.74 Å². The van der Waals surface area contributed by atoms with Gasteiger partial charge >= 0.3 is 0 Å². The molecule has 1 aromatic carbocycles. The smallest absolute Gasteiger partial charge is 0.119 e. The van der Waals surface area contributed by atoms with Crippen LogP contribution in [0.1, 0.15) is 6.42 Å². The van der Waals surface area contributed by atoms with E-state index in [1.54, 1.807) is 0 Å². The molecule has 0 aromatic heterocycles. The van der Waals surface area contributed by atoms with Gasteiger partial charge in [0.05, 0.1) is 12.7 Å². The molecule has 0 spiro atoms. The zero-order valence-electron chi connectivity index (χ0n) is 8.82. The zero-order valence-corrected chi connectivity index (χ0v) is 9.57. The summed E-state index contributed by atoms with van der Waals surface area (Å²) < 4.78 is 5.28. The highest BCUT2D eigenvalue weighted by Crippen LogP contribution is 2.21. The summed E-state index contributed by atoms with van der Waals surface area (Å²) in [6, 6.07) is 9.46. The second-order valence-electron chi connectivity index (χ2n) is 3.88. The van der Waals surface area contributed by atoms with E-state index in [1.807, 2.05) is 24.3 Å². The Balaban J connectivity index is 2.01. The van der Waals surface area contributed by atoms with Crippen LogP contribution in [0.25, 0.3) is 0 Å². The van der Waals surface area contributed by atoms with Crippen LogP contribution in [-0.4, -0.2) is 19.3 Å². The lowest BCUT2D eigenvalue weighted by molar-refractivity contribution is 0.185. The first kappa shape index (κ1) is 11.3. The Morgan fingerprint density at radius 1 is 1.44 bits per heavy atom. The van der Waals surface area contributed by atoms with Gasteiger partial charge in [-0.15, -0.1) is 0 Å². The molecular weight excluding hydrogens is 224 g/mol. The standard InChI is InChI=1S/C12H13ClN2O/c13-10-1-3-11(4-2-10)15-12(7-14)9-5-6-16-8-9/h1-4,9,12,15H,5-6,8H2. The fraction of sp³-hybridized carbons (Fsp3) is 0.417. The molecule has 3 nitrogen and oxygen atoms in total. The van der Waals surface area contributed by atoms with Crippen molar-refractivity contribution in [2.75, 3.05) is 18.5 Å². The van der Waals surface area contributed by atoms with Crippen molar-refractivity contribution in [2.24, 2.45) is 5.92 Å². The maximum absolute atomic E-state index is 9.11. The fourth-order valence-electron chi connectivity index (χ4n) is 1.80. The summed E-state index contributed by atoms with van der Waals surface area (Å²) >= 11 is 5.80. The van der Waals surface area contributed by atoms with Gasteiger partial charge in [0.1, 0.15) is 6.04 Å². The van der Waals surface area contributed by atoms with E-state index < -0.39 is 0 Å². The van der Waals surface area contributed by atoms with Gasteiger partial charge in [-0.25, -0.2) is 0 Å². The van der Waals surface area contributed by atoms with Gasteiger partial charge in [-0.2, -0.15) is 5.26 Å². The monoisotopic (exact) mass is 236 g/mol. The number of anilines is 1. The molecule has 2 unspecified atom stereocenters. The van der Waals surface area contributed by atoms with Gasteiger partial charge in [-0.05, 0) is 30.7 Å². The van der Waals surface area contributed by atoms with E-state index in [9.17, 15) is 0 Å². The normalized spacial score (nSPS) is 21.4. The molecule has 0 radical (unpaired) electrons. The summed E-state index contributed by atoms with van der Waals surface area (Å²) in [4.78, 5) is 0. The topological polar surface area (TPSA) is 45.0 Å². The summed E-state index contributed by atoms with van der Waals surface area (Å²) in [5.74, 6) is 0.278. The molecule has 1 N–H and O–H groups in total. The van der Waals surface area contributed by atoms with Crippen LogP contribution in [0.5, 0.6) is 0 Å². The molecule has 1 heterocycles. The van der Waals surface area contributed by atoms with Crippen molar-refractivity contribution in [2.45, 2.75) is 12.5 Å². The molecule has 2 atom stereocenters. The van der Waals surface area contributed by atoms with Gasteiger partial charge in [0.15, 0.2) is 0 Å². The van der Waals surface area contributed by atoms with E-state index in [-0.39, 0.29) is 12.0 Å². The Hall–Kier alpha value is -1.24. The maximum Gasteiger partial charge on any atom is 0.119 e. The number of halogens is 1. The summed E-state index contributed by atoms with van der Waals surface area (Å²) in [5, 5.41) is 13.0.